The molecule has 0 amide bonds. The molecule has 36 heavy (non-hydrogen) atoms. The maximum atomic E-state index is 12.8. The van der Waals surface area contributed by atoms with Gasteiger partial charge in [0.1, 0.15) is 41.0 Å². The molecule has 1 aliphatic rings. The van der Waals surface area contributed by atoms with Crippen LogP contribution in [0.4, 0.5) is 0 Å². The average Bonchev–Trinajstić information content (AvgIpc) is 2.83. The van der Waals surface area contributed by atoms with Crippen molar-refractivity contribution in [3.05, 3.63) is 64.0 Å². The SMILES string of the molecule is CO[C@@H]1[C@@H](O)[C@@H](O)[C@H](Oc2ccc3c(O)c(/C(C)=N\Oc4ccccc4)c(=O)oc3c2C)OC1(C)C. The number of aliphatic hydroxyl groups excluding tert-OH is 2. The highest BCUT2D eigenvalue weighted by atomic mass is 16.7. The van der Waals surface area contributed by atoms with Crippen molar-refractivity contribution in [2.75, 3.05) is 7.11 Å². The largest absolute Gasteiger partial charge is 0.506 e. The van der Waals surface area contributed by atoms with Gasteiger partial charge in [0, 0.05) is 12.7 Å². The van der Waals surface area contributed by atoms with Crippen LogP contribution in [0.1, 0.15) is 31.9 Å². The molecule has 1 saturated heterocycles. The number of methoxy groups -OCH3 is 1. The van der Waals surface area contributed by atoms with Gasteiger partial charge in [0.2, 0.25) is 6.29 Å². The Labute approximate surface area is 207 Å². The summed E-state index contributed by atoms with van der Waals surface area (Å²) in [5.74, 6) is 0.386. The van der Waals surface area contributed by atoms with E-state index < -0.39 is 35.8 Å². The number of rotatable bonds is 6. The number of ether oxygens (including phenoxy) is 3. The highest BCUT2D eigenvalue weighted by Crippen LogP contribution is 2.37. The molecule has 192 valence electrons. The number of fused-ring (bicyclic) bond motifs is 1. The number of nitrogens with zero attached hydrogens (tertiary/aromatic N) is 1. The Morgan fingerprint density at radius 2 is 1.78 bits per heavy atom. The minimum Gasteiger partial charge on any atom is -0.506 e. The molecule has 3 aromatic rings. The van der Waals surface area contributed by atoms with Crippen LogP contribution in [0.15, 0.2) is 56.8 Å². The molecule has 3 N–H and O–H groups in total. The average molecular weight is 500 g/mol. The van der Waals surface area contributed by atoms with Crippen LogP contribution in [0.2, 0.25) is 0 Å². The van der Waals surface area contributed by atoms with Crippen LogP contribution in [0.25, 0.3) is 11.0 Å². The van der Waals surface area contributed by atoms with Gasteiger partial charge in [-0.2, -0.15) is 0 Å². The second-order valence-electron chi connectivity index (χ2n) is 9.10. The van der Waals surface area contributed by atoms with E-state index in [-0.39, 0.29) is 33.7 Å². The molecule has 0 saturated carbocycles. The molecule has 4 rings (SSSR count). The van der Waals surface area contributed by atoms with Crippen LogP contribution in [-0.4, -0.2) is 58.3 Å². The first kappa shape index (κ1) is 25.6. The number of aryl methyl sites for hydroxylation is 1. The fourth-order valence-corrected chi connectivity index (χ4v) is 4.29. The highest BCUT2D eigenvalue weighted by Gasteiger charge is 2.50. The lowest BCUT2D eigenvalue weighted by Crippen LogP contribution is -2.63. The lowest BCUT2D eigenvalue weighted by molar-refractivity contribution is -0.306. The van der Waals surface area contributed by atoms with E-state index in [9.17, 15) is 20.1 Å². The summed E-state index contributed by atoms with van der Waals surface area (Å²) in [6.45, 7) is 6.58. The van der Waals surface area contributed by atoms with Gasteiger partial charge in [-0.15, -0.1) is 0 Å². The molecule has 2 aromatic carbocycles. The molecule has 4 atom stereocenters. The third-order valence-electron chi connectivity index (χ3n) is 6.18. The molecule has 0 bridgehead atoms. The predicted molar refractivity (Wildman–Crippen MR) is 131 cm³/mol. The van der Waals surface area contributed by atoms with Crippen LogP contribution in [0.3, 0.4) is 0 Å². The van der Waals surface area contributed by atoms with Crippen LogP contribution in [-0.2, 0) is 9.47 Å². The summed E-state index contributed by atoms with van der Waals surface area (Å²) in [7, 11) is 1.42. The van der Waals surface area contributed by atoms with Gasteiger partial charge in [0.05, 0.1) is 16.7 Å². The van der Waals surface area contributed by atoms with Crippen molar-refractivity contribution >= 4 is 16.7 Å². The van der Waals surface area contributed by atoms with Crippen LogP contribution in [0, 0.1) is 6.92 Å². The zero-order chi connectivity index (χ0) is 26.2. The monoisotopic (exact) mass is 499 g/mol. The number of benzene rings is 2. The van der Waals surface area contributed by atoms with E-state index in [4.69, 9.17) is 23.5 Å². The number of hydrogen-bond donors (Lipinski definition) is 3. The van der Waals surface area contributed by atoms with E-state index in [0.717, 1.165) is 0 Å². The first-order chi connectivity index (χ1) is 17.0. The number of oxime groups is 1. The first-order valence-electron chi connectivity index (χ1n) is 11.3. The zero-order valence-corrected chi connectivity index (χ0v) is 20.6. The van der Waals surface area contributed by atoms with Gasteiger partial charge < -0.3 is 38.8 Å². The van der Waals surface area contributed by atoms with Gasteiger partial charge in [-0.25, -0.2) is 4.79 Å². The summed E-state index contributed by atoms with van der Waals surface area (Å²) >= 11 is 0. The normalized spacial score (nSPS) is 24.0. The predicted octanol–water partition coefficient (Wildman–Crippen LogP) is 2.86. The number of hydrogen-bond acceptors (Lipinski definition) is 10. The van der Waals surface area contributed by atoms with E-state index in [1.54, 1.807) is 51.1 Å². The second kappa shape index (κ2) is 9.90. The molecule has 10 nitrogen and oxygen atoms in total. The lowest BCUT2D eigenvalue weighted by atomic mass is 9.89. The van der Waals surface area contributed by atoms with Crippen molar-refractivity contribution in [3.8, 4) is 17.2 Å². The molecule has 0 aliphatic carbocycles. The topological polar surface area (TPSA) is 140 Å². The molecule has 0 radical (unpaired) electrons. The third kappa shape index (κ3) is 4.68. The lowest BCUT2D eigenvalue weighted by Gasteiger charge is -2.46. The summed E-state index contributed by atoms with van der Waals surface area (Å²) in [5, 5.41) is 36.1. The van der Waals surface area contributed by atoms with Crippen molar-refractivity contribution in [2.24, 2.45) is 5.16 Å². The molecule has 0 unspecified atom stereocenters. The van der Waals surface area contributed by atoms with Gasteiger partial charge in [-0.3, -0.25) is 0 Å². The van der Waals surface area contributed by atoms with Crippen molar-refractivity contribution in [3.63, 3.8) is 0 Å². The van der Waals surface area contributed by atoms with Gasteiger partial charge in [0.25, 0.3) is 0 Å². The summed E-state index contributed by atoms with van der Waals surface area (Å²) in [5.41, 5.74) is -1.29. The quantitative estimate of drug-likeness (QED) is 0.265. The smallest absolute Gasteiger partial charge is 0.349 e. The van der Waals surface area contributed by atoms with Crippen molar-refractivity contribution < 1.29 is 38.8 Å². The molecule has 1 fully saturated rings. The highest BCUT2D eigenvalue weighted by molar-refractivity contribution is 6.04. The summed E-state index contributed by atoms with van der Waals surface area (Å²) in [6.07, 6.45) is -4.64. The third-order valence-corrected chi connectivity index (χ3v) is 6.18. The second-order valence-corrected chi connectivity index (χ2v) is 9.10. The van der Waals surface area contributed by atoms with Gasteiger partial charge in [-0.05, 0) is 52.0 Å². The molecule has 2 heterocycles. The fraction of sp³-hybridized carbons (Fsp3) is 0.385. The maximum Gasteiger partial charge on any atom is 0.349 e. The number of aliphatic hydroxyl groups is 2. The Hall–Kier alpha value is -3.44. The Kier molecular flexibility index (Phi) is 7.05. The maximum absolute atomic E-state index is 12.8. The number of aromatic hydroxyl groups is 1. The van der Waals surface area contributed by atoms with Crippen LogP contribution >= 0.6 is 0 Å². The minimum absolute atomic E-state index is 0.0930. The van der Waals surface area contributed by atoms with Crippen LogP contribution < -0.4 is 15.2 Å². The van der Waals surface area contributed by atoms with Crippen molar-refractivity contribution in [2.45, 2.75) is 57.9 Å². The van der Waals surface area contributed by atoms with Crippen molar-refractivity contribution in [1.82, 2.24) is 0 Å². The summed E-state index contributed by atoms with van der Waals surface area (Å²) < 4.78 is 22.5. The zero-order valence-electron chi connectivity index (χ0n) is 20.6. The first-order valence-corrected chi connectivity index (χ1v) is 11.3. The van der Waals surface area contributed by atoms with E-state index in [1.807, 2.05) is 6.07 Å². The Morgan fingerprint density at radius 3 is 2.44 bits per heavy atom. The minimum atomic E-state index is -1.40. The fourth-order valence-electron chi connectivity index (χ4n) is 4.29. The van der Waals surface area contributed by atoms with E-state index in [0.29, 0.717) is 11.3 Å². The Morgan fingerprint density at radius 1 is 1.08 bits per heavy atom. The molecule has 0 spiro atoms. The van der Waals surface area contributed by atoms with Crippen LogP contribution in [0.5, 0.6) is 17.2 Å². The molecular weight excluding hydrogens is 470 g/mol. The van der Waals surface area contributed by atoms with E-state index >= 15 is 0 Å². The van der Waals surface area contributed by atoms with Gasteiger partial charge in [-0.1, -0.05) is 23.4 Å². The molecular formula is C26H29NO9. The molecule has 1 aromatic heterocycles. The van der Waals surface area contributed by atoms with Gasteiger partial charge in [0.15, 0.2) is 5.75 Å². The summed E-state index contributed by atoms with van der Waals surface area (Å²) in [4.78, 5) is 18.1. The standard InChI is InChI=1S/C26H29NO9/c1-13-17(33-25-21(30)20(29)23(32-5)26(3,4)35-25)12-11-16-19(28)18(24(31)34-22(13)16)14(2)27-36-15-9-7-6-8-10-15/h6-12,20-21,23,25,28-30H,1-5H3/b27-14-/t20-,21+,23+,25+/m0/s1. The Balaban J connectivity index is 1.66. The number of para-hydroxylation sites is 1. The van der Waals surface area contributed by atoms with Gasteiger partial charge >= 0.3 is 5.63 Å². The molecule has 1 aliphatic heterocycles. The van der Waals surface area contributed by atoms with Crippen molar-refractivity contribution in [1.29, 1.82) is 0 Å². The Bertz CT molecular complexity index is 1330. The van der Waals surface area contributed by atoms with E-state index in [2.05, 4.69) is 5.16 Å². The molecule has 10 heteroatoms. The van der Waals surface area contributed by atoms with E-state index in [1.165, 1.54) is 20.1 Å². The summed E-state index contributed by atoms with van der Waals surface area (Å²) in [6, 6.07) is 11.8.